The molecule has 0 saturated carbocycles. The number of aryl methyl sites for hydroxylation is 3. The smallest absolute Gasteiger partial charge is 0.160 e. The van der Waals surface area contributed by atoms with Crippen molar-refractivity contribution in [2.75, 3.05) is 0 Å². The number of aliphatic hydroxyl groups is 1. The van der Waals surface area contributed by atoms with Gasteiger partial charge in [-0.1, -0.05) is 17.7 Å². The molecule has 0 aliphatic heterocycles. The molecule has 0 radical (unpaired) electrons. The maximum atomic E-state index is 9.38. The lowest BCUT2D eigenvalue weighted by Crippen LogP contribution is -1.93. The molecule has 17 heavy (non-hydrogen) atoms. The Bertz CT molecular complexity index is 540. The van der Waals surface area contributed by atoms with Crippen LogP contribution in [-0.4, -0.2) is 10.1 Å². The molecule has 90 valence electrons. The van der Waals surface area contributed by atoms with Crippen molar-refractivity contribution in [3.8, 4) is 11.3 Å². The Hall–Kier alpha value is -0.710. The van der Waals surface area contributed by atoms with E-state index in [-0.39, 0.29) is 6.61 Å². The Morgan fingerprint density at radius 3 is 2.35 bits per heavy atom. The largest absolute Gasteiger partial charge is 0.391 e. The van der Waals surface area contributed by atoms with Gasteiger partial charge in [-0.05, 0) is 47.8 Å². The van der Waals surface area contributed by atoms with Gasteiger partial charge in [0.2, 0.25) is 0 Å². The van der Waals surface area contributed by atoms with E-state index in [1.165, 1.54) is 28.0 Å². The van der Waals surface area contributed by atoms with E-state index in [0.29, 0.717) is 0 Å². The third kappa shape index (κ3) is 2.44. The average molecular weight is 312 g/mol. The predicted octanol–water partition coefficient (Wildman–Crippen LogP) is 3.99. The third-order valence-electron chi connectivity index (χ3n) is 2.73. The molecule has 0 unspecified atom stereocenters. The average Bonchev–Trinajstić information content (AvgIpc) is 2.58. The van der Waals surface area contributed by atoms with E-state index >= 15 is 0 Å². The van der Waals surface area contributed by atoms with Gasteiger partial charge in [0.1, 0.15) is 0 Å². The van der Waals surface area contributed by atoms with E-state index in [9.17, 15) is 5.11 Å². The zero-order valence-corrected chi connectivity index (χ0v) is 12.4. The molecule has 0 aliphatic rings. The van der Waals surface area contributed by atoms with Crippen molar-refractivity contribution in [1.82, 2.24) is 4.98 Å². The van der Waals surface area contributed by atoms with Crippen LogP contribution < -0.4 is 0 Å². The van der Waals surface area contributed by atoms with Crippen LogP contribution in [0.15, 0.2) is 16.0 Å². The molecular formula is C13H14BrNOS. The summed E-state index contributed by atoms with van der Waals surface area (Å²) in [5.41, 5.74) is 5.70. The van der Waals surface area contributed by atoms with E-state index in [1.807, 2.05) is 0 Å². The summed E-state index contributed by atoms with van der Waals surface area (Å²) < 4.78 is 0.816. The summed E-state index contributed by atoms with van der Waals surface area (Å²) in [6.45, 7) is 6.30. The van der Waals surface area contributed by atoms with Crippen molar-refractivity contribution < 1.29 is 5.11 Å². The van der Waals surface area contributed by atoms with Crippen molar-refractivity contribution in [2.45, 2.75) is 27.4 Å². The van der Waals surface area contributed by atoms with E-state index in [4.69, 9.17) is 0 Å². The minimum atomic E-state index is 0.0331. The van der Waals surface area contributed by atoms with Crippen LogP contribution in [0.5, 0.6) is 0 Å². The van der Waals surface area contributed by atoms with Gasteiger partial charge >= 0.3 is 0 Å². The zero-order chi connectivity index (χ0) is 12.6. The van der Waals surface area contributed by atoms with Gasteiger partial charge in [-0.25, -0.2) is 4.98 Å². The zero-order valence-electron chi connectivity index (χ0n) is 10.0. The number of nitrogens with zero attached hydrogens (tertiary/aromatic N) is 1. The van der Waals surface area contributed by atoms with Crippen LogP contribution in [0.1, 0.15) is 21.6 Å². The first-order valence-electron chi connectivity index (χ1n) is 5.37. The number of rotatable bonds is 2. The number of hydrogen-bond acceptors (Lipinski definition) is 3. The van der Waals surface area contributed by atoms with Gasteiger partial charge < -0.3 is 5.11 Å². The molecule has 1 aromatic carbocycles. The molecule has 2 aromatic rings. The minimum absolute atomic E-state index is 0.0331. The van der Waals surface area contributed by atoms with Gasteiger partial charge in [0, 0.05) is 5.56 Å². The van der Waals surface area contributed by atoms with E-state index in [2.05, 4.69) is 53.8 Å². The fraction of sp³-hybridized carbons (Fsp3) is 0.308. The second kappa shape index (κ2) is 4.88. The third-order valence-corrected chi connectivity index (χ3v) is 4.22. The van der Waals surface area contributed by atoms with Gasteiger partial charge in [-0.15, -0.1) is 11.3 Å². The highest BCUT2D eigenvalue weighted by Crippen LogP contribution is 2.35. The lowest BCUT2D eigenvalue weighted by Gasteiger charge is -2.10. The van der Waals surface area contributed by atoms with Gasteiger partial charge in [-0.3, -0.25) is 0 Å². The first-order valence-corrected chi connectivity index (χ1v) is 6.98. The predicted molar refractivity (Wildman–Crippen MR) is 75.4 cm³/mol. The topological polar surface area (TPSA) is 33.1 Å². The molecule has 0 fully saturated rings. The van der Waals surface area contributed by atoms with E-state index in [0.717, 1.165) is 20.1 Å². The molecule has 0 saturated heterocycles. The van der Waals surface area contributed by atoms with Crippen LogP contribution in [0.2, 0.25) is 0 Å². The molecular weight excluding hydrogens is 298 g/mol. The molecule has 1 heterocycles. The van der Waals surface area contributed by atoms with Crippen molar-refractivity contribution >= 4 is 27.3 Å². The monoisotopic (exact) mass is 311 g/mol. The van der Waals surface area contributed by atoms with E-state index in [1.54, 1.807) is 0 Å². The van der Waals surface area contributed by atoms with Crippen molar-refractivity contribution in [3.63, 3.8) is 0 Å². The standard InChI is InChI=1S/C13H14BrNOS/c1-7-4-8(2)11(9(3)5-7)12-10(6-16)17-13(14)15-12/h4-5,16H,6H2,1-3H3. The van der Waals surface area contributed by atoms with Crippen LogP contribution in [0, 0.1) is 20.8 Å². The summed E-state index contributed by atoms with van der Waals surface area (Å²) in [7, 11) is 0. The van der Waals surface area contributed by atoms with Gasteiger partial charge in [0.05, 0.1) is 17.2 Å². The summed E-state index contributed by atoms with van der Waals surface area (Å²) in [5.74, 6) is 0. The quantitative estimate of drug-likeness (QED) is 0.909. The van der Waals surface area contributed by atoms with Crippen LogP contribution in [0.25, 0.3) is 11.3 Å². The summed E-state index contributed by atoms with van der Waals surface area (Å²) in [5, 5.41) is 9.38. The molecule has 1 aromatic heterocycles. The molecule has 0 amide bonds. The maximum absolute atomic E-state index is 9.38. The van der Waals surface area contributed by atoms with Gasteiger partial charge in [0.15, 0.2) is 3.92 Å². The number of hydrogen-bond donors (Lipinski definition) is 1. The van der Waals surface area contributed by atoms with Crippen LogP contribution in [0.4, 0.5) is 0 Å². The summed E-state index contributed by atoms with van der Waals surface area (Å²) in [4.78, 5) is 5.39. The lowest BCUT2D eigenvalue weighted by atomic mass is 9.97. The second-order valence-corrected chi connectivity index (χ2v) is 6.53. The van der Waals surface area contributed by atoms with Gasteiger partial charge in [-0.2, -0.15) is 0 Å². The van der Waals surface area contributed by atoms with Crippen LogP contribution in [-0.2, 0) is 6.61 Å². The van der Waals surface area contributed by atoms with Crippen LogP contribution >= 0.6 is 27.3 Å². The highest BCUT2D eigenvalue weighted by molar-refractivity contribution is 9.11. The van der Waals surface area contributed by atoms with Gasteiger partial charge in [0.25, 0.3) is 0 Å². The lowest BCUT2D eigenvalue weighted by molar-refractivity contribution is 0.286. The summed E-state index contributed by atoms with van der Waals surface area (Å²) in [6, 6.07) is 4.30. The van der Waals surface area contributed by atoms with Crippen LogP contribution in [0.3, 0.4) is 0 Å². The van der Waals surface area contributed by atoms with E-state index < -0.39 is 0 Å². The number of thiazole rings is 1. The normalized spacial score (nSPS) is 10.9. The second-order valence-electron chi connectivity index (χ2n) is 4.17. The number of benzene rings is 1. The fourth-order valence-corrected chi connectivity index (χ4v) is 3.59. The summed E-state index contributed by atoms with van der Waals surface area (Å²) >= 11 is 4.87. The fourth-order valence-electron chi connectivity index (χ4n) is 2.18. The Kier molecular flexibility index (Phi) is 3.66. The Morgan fingerprint density at radius 2 is 1.82 bits per heavy atom. The van der Waals surface area contributed by atoms with Crippen molar-refractivity contribution in [3.05, 3.63) is 37.6 Å². The highest BCUT2D eigenvalue weighted by atomic mass is 79.9. The molecule has 0 aliphatic carbocycles. The number of aliphatic hydroxyl groups excluding tert-OH is 1. The molecule has 4 heteroatoms. The highest BCUT2D eigenvalue weighted by Gasteiger charge is 2.15. The Labute approximate surface area is 113 Å². The molecule has 2 rings (SSSR count). The number of aromatic nitrogens is 1. The van der Waals surface area contributed by atoms with Crippen molar-refractivity contribution in [1.29, 1.82) is 0 Å². The SMILES string of the molecule is Cc1cc(C)c(-c2nc(Br)sc2CO)c(C)c1. The Morgan fingerprint density at radius 1 is 1.24 bits per heavy atom. The molecule has 2 nitrogen and oxygen atoms in total. The molecule has 0 bridgehead atoms. The Balaban J connectivity index is 2.67. The maximum Gasteiger partial charge on any atom is 0.160 e. The summed E-state index contributed by atoms with van der Waals surface area (Å²) in [6.07, 6.45) is 0. The molecule has 1 N–H and O–H groups in total. The minimum Gasteiger partial charge on any atom is -0.391 e. The molecule has 0 atom stereocenters. The number of halogens is 1. The first-order chi connectivity index (χ1) is 8.02. The molecule has 0 spiro atoms. The van der Waals surface area contributed by atoms with Crippen molar-refractivity contribution in [2.24, 2.45) is 0 Å². The first kappa shape index (κ1) is 12.7.